The Morgan fingerprint density at radius 1 is 1.50 bits per heavy atom. The highest BCUT2D eigenvalue weighted by atomic mass is 35.5. The summed E-state index contributed by atoms with van der Waals surface area (Å²) in [5.41, 5.74) is 0.795. The van der Waals surface area contributed by atoms with Crippen molar-refractivity contribution in [1.29, 1.82) is 0 Å². The third-order valence-electron chi connectivity index (χ3n) is 2.23. The van der Waals surface area contributed by atoms with Crippen molar-refractivity contribution in [3.8, 4) is 5.75 Å². The minimum absolute atomic E-state index is 0.264. The average Bonchev–Trinajstić information content (AvgIpc) is 2.27. The fourth-order valence-electron chi connectivity index (χ4n) is 1.26. The SMILES string of the molecule is Cc1cc(Cl)ccc1OCC(=O)N[C@@H](C)C(=O)[O-]. The summed E-state index contributed by atoms with van der Waals surface area (Å²) in [6.45, 7) is 2.85. The van der Waals surface area contributed by atoms with Crippen molar-refractivity contribution in [2.45, 2.75) is 19.9 Å². The lowest BCUT2D eigenvalue weighted by Gasteiger charge is -2.15. The maximum atomic E-state index is 11.4. The Kier molecular flexibility index (Phi) is 4.97. The average molecular weight is 271 g/mol. The van der Waals surface area contributed by atoms with Crippen molar-refractivity contribution in [3.63, 3.8) is 0 Å². The third-order valence-corrected chi connectivity index (χ3v) is 2.46. The first-order valence-corrected chi connectivity index (χ1v) is 5.67. The molecule has 0 fully saturated rings. The Bertz CT molecular complexity index is 461. The molecule has 1 aromatic rings. The van der Waals surface area contributed by atoms with Crippen molar-refractivity contribution in [1.82, 2.24) is 5.32 Å². The molecule has 6 heteroatoms. The molecule has 0 heterocycles. The second-order valence-corrected chi connectivity index (χ2v) is 4.24. The van der Waals surface area contributed by atoms with E-state index >= 15 is 0 Å². The molecule has 5 nitrogen and oxygen atoms in total. The van der Waals surface area contributed by atoms with Gasteiger partial charge < -0.3 is 20.0 Å². The number of carboxylic acid groups (broad SMARTS) is 1. The van der Waals surface area contributed by atoms with E-state index < -0.39 is 17.9 Å². The molecule has 0 saturated carbocycles. The van der Waals surface area contributed by atoms with Crippen LogP contribution in [0.1, 0.15) is 12.5 Å². The van der Waals surface area contributed by atoms with Crippen molar-refractivity contribution in [3.05, 3.63) is 28.8 Å². The third kappa shape index (κ3) is 4.25. The molecule has 0 radical (unpaired) electrons. The van der Waals surface area contributed by atoms with Crippen LogP contribution in [0.15, 0.2) is 18.2 Å². The Balaban J connectivity index is 2.50. The predicted octanol–water partition coefficient (Wildman–Crippen LogP) is 0.282. The van der Waals surface area contributed by atoms with Gasteiger partial charge in [-0.3, -0.25) is 4.79 Å². The number of ether oxygens (including phenoxy) is 1. The highest BCUT2D eigenvalue weighted by molar-refractivity contribution is 6.30. The number of halogens is 1. The van der Waals surface area contributed by atoms with Crippen LogP contribution in [0.2, 0.25) is 5.02 Å². The van der Waals surface area contributed by atoms with Gasteiger partial charge in [0, 0.05) is 5.02 Å². The monoisotopic (exact) mass is 270 g/mol. The molecule has 0 aromatic heterocycles. The van der Waals surface area contributed by atoms with Crippen LogP contribution >= 0.6 is 11.6 Å². The van der Waals surface area contributed by atoms with E-state index in [1.807, 2.05) is 0 Å². The number of rotatable bonds is 5. The molecular formula is C12H13ClNO4-. The van der Waals surface area contributed by atoms with Crippen LogP contribution in [-0.2, 0) is 9.59 Å². The number of hydrogen-bond acceptors (Lipinski definition) is 4. The first-order valence-electron chi connectivity index (χ1n) is 5.29. The number of carbonyl (C=O) groups excluding carboxylic acids is 2. The highest BCUT2D eigenvalue weighted by Crippen LogP contribution is 2.21. The van der Waals surface area contributed by atoms with Crippen LogP contribution in [0, 0.1) is 6.92 Å². The summed E-state index contributed by atoms with van der Waals surface area (Å²) in [6, 6.07) is 3.95. The lowest BCUT2D eigenvalue weighted by molar-refractivity contribution is -0.307. The van der Waals surface area contributed by atoms with E-state index in [0.717, 1.165) is 5.56 Å². The number of carboxylic acids is 1. The Morgan fingerprint density at radius 2 is 2.17 bits per heavy atom. The maximum absolute atomic E-state index is 11.4. The number of aliphatic carboxylic acids is 1. The molecule has 0 aliphatic heterocycles. The summed E-state index contributed by atoms with van der Waals surface area (Å²) in [6.07, 6.45) is 0. The molecule has 1 aromatic carbocycles. The maximum Gasteiger partial charge on any atom is 0.258 e. The van der Waals surface area contributed by atoms with Crippen LogP contribution in [0.3, 0.4) is 0 Å². The molecule has 0 aliphatic rings. The lowest BCUT2D eigenvalue weighted by Crippen LogP contribution is -2.47. The van der Waals surface area contributed by atoms with Crippen molar-refractivity contribution >= 4 is 23.5 Å². The Labute approximate surface area is 110 Å². The lowest BCUT2D eigenvalue weighted by atomic mass is 10.2. The van der Waals surface area contributed by atoms with Crippen molar-refractivity contribution in [2.24, 2.45) is 0 Å². The van der Waals surface area contributed by atoms with Gasteiger partial charge in [0.2, 0.25) is 0 Å². The molecule has 0 saturated heterocycles. The Hall–Kier alpha value is -1.75. The summed E-state index contributed by atoms with van der Waals surface area (Å²) in [4.78, 5) is 21.8. The molecule has 0 spiro atoms. The van der Waals surface area contributed by atoms with Crippen molar-refractivity contribution < 1.29 is 19.4 Å². The smallest absolute Gasteiger partial charge is 0.258 e. The van der Waals surface area contributed by atoms with Gasteiger partial charge in [-0.05, 0) is 37.6 Å². The fraction of sp³-hybridized carbons (Fsp3) is 0.333. The van der Waals surface area contributed by atoms with E-state index in [1.165, 1.54) is 6.92 Å². The Morgan fingerprint density at radius 3 is 2.72 bits per heavy atom. The molecule has 1 amide bonds. The number of hydrogen-bond donors (Lipinski definition) is 1. The molecular weight excluding hydrogens is 258 g/mol. The molecule has 0 bridgehead atoms. The van der Waals surface area contributed by atoms with E-state index in [-0.39, 0.29) is 6.61 Å². The van der Waals surface area contributed by atoms with Gasteiger partial charge in [-0.1, -0.05) is 11.6 Å². The van der Waals surface area contributed by atoms with Gasteiger partial charge in [0.15, 0.2) is 6.61 Å². The first-order chi connectivity index (χ1) is 8.40. The van der Waals surface area contributed by atoms with Crippen LogP contribution in [0.25, 0.3) is 0 Å². The van der Waals surface area contributed by atoms with Gasteiger partial charge in [-0.25, -0.2) is 0 Å². The summed E-state index contributed by atoms with van der Waals surface area (Å²) < 4.78 is 5.25. The standard InChI is InChI=1S/C12H14ClNO4/c1-7-5-9(13)3-4-10(7)18-6-11(15)14-8(2)12(16)17/h3-5,8H,6H2,1-2H3,(H,14,15)(H,16,17)/p-1/t8-/m0/s1. The minimum Gasteiger partial charge on any atom is -0.548 e. The molecule has 18 heavy (non-hydrogen) atoms. The van der Waals surface area contributed by atoms with Gasteiger partial charge >= 0.3 is 0 Å². The number of carbonyl (C=O) groups is 2. The van der Waals surface area contributed by atoms with Crippen molar-refractivity contribution in [2.75, 3.05) is 6.61 Å². The van der Waals surface area contributed by atoms with Gasteiger partial charge in [0.05, 0.1) is 12.0 Å². The highest BCUT2D eigenvalue weighted by Gasteiger charge is 2.09. The van der Waals surface area contributed by atoms with E-state index in [0.29, 0.717) is 10.8 Å². The summed E-state index contributed by atoms with van der Waals surface area (Å²) in [5, 5.41) is 13.2. The molecule has 98 valence electrons. The van der Waals surface area contributed by atoms with Gasteiger partial charge in [-0.15, -0.1) is 0 Å². The second kappa shape index (κ2) is 6.26. The summed E-state index contributed by atoms with van der Waals surface area (Å²) in [5.74, 6) is -1.34. The van der Waals surface area contributed by atoms with E-state index in [9.17, 15) is 14.7 Å². The fourth-order valence-corrected chi connectivity index (χ4v) is 1.49. The number of benzene rings is 1. The second-order valence-electron chi connectivity index (χ2n) is 3.81. The van der Waals surface area contributed by atoms with E-state index in [4.69, 9.17) is 16.3 Å². The first kappa shape index (κ1) is 14.3. The largest absolute Gasteiger partial charge is 0.548 e. The number of amides is 1. The van der Waals surface area contributed by atoms with Gasteiger partial charge in [0.25, 0.3) is 5.91 Å². The normalized spacial score (nSPS) is 11.7. The minimum atomic E-state index is -1.34. The van der Waals surface area contributed by atoms with Gasteiger partial charge in [-0.2, -0.15) is 0 Å². The summed E-state index contributed by atoms with van der Waals surface area (Å²) >= 11 is 5.78. The molecule has 1 rings (SSSR count). The zero-order valence-electron chi connectivity index (χ0n) is 10.0. The van der Waals surface area contributed by atoms with E-state index in [1.54, 1.807) is 25.1 Å². The topological polar surface area (TPSA) is 78.5 Å². The molecule has 1 atom stereocenters. The van der Waals surface area contributed by atoms with E-state index in [2.05, 4.69) is 5.32 Å². The van der Waals surface area contributed by atoms with Crippen LogP contribution < -0.4 is 15.2 Å². The summed E-state index contributed by atoms with van der Waals surface area (Å²) in [7, 11) is 0. The number of aryl methyl sites for hydroxylation is 1. The van der Waals surface area contributed by atoms with Crippen LogP contribution in [-0.4, -0.2) is 24.5 Å². The molecule has 0 aliphatic carbocycles. The molecule has 1 N–H and O–H groups in total. The predicted molar refractivity (Wildman–Crippen MR) is 64.3 cm³/mol. The molecule has 0 unspecified atom stereocenters. The van der Waals surface area contributed by atoms with Crippen LogP contribution in [0.4, 0.5) is 0 Å². The number of nitrogens with one attached hydrogen (secondary N) is 1. The zero-order valence-corrected chi connectivity index (χ0v) is 10.8. The zero-order chi connectivity index (χ0) is 13.7. The quantitative estimate of drug-likeness (QED) is 0.834. The van der Waals surface area contributed by atoms with Gasteiger partial charge in [0.1, 0.15) is 5.75 Å². The van der Waals surface area contributed by atoms with Crippen LogP contribution in [0.5, 0.6) is 5.75 Å².